The largest absolute Gasteiger partial charge is 0.462 e. The molecule has 0 amide bonds. The van der Waals surface area contributed by atoms with Crippen molar-refractivity contribution in [2.45, 2.75) is 27.2 Å². The highest BCUT2D eigenvalue weighted by Gasteiger charge is 2.00. The van der Waals surface area contributed by atoms with E-state index in [4.69, 9.17) is 4.42 Å². The van der Waals surface area contributed by atoms with Crippen LogP contribution in [0.15, 0.2) is 22.1 Å². The van der Waals surface area contributed by atoms with Crippen LogP contribution in [-0.4, -0.2) is 5.78 Å². The standard InChI is InChI=1S/C11H14O2/c1-4-10-5-6-11(13-10)7-8(2)9(3)12/h5-7H,4H2,1-3H3/b8-7-. The highest BCUT2D eigenvalue weighted by molar-refractivity contribution is 5.96. The van der Waals surface area contributed by atoms with E-state index in [1.807, 2.05) is 19.1 Å². The molecule has 0 radical (unpaired) electrons. The molecule has 0 aliphatic heterocycles. The Hall–Kier alpha value is -1.31. The van der Waals surface area contributed by atoms with Gasteiger partial charge in [0.25, 0.3) is 0 Å². The lowest BCUT2D eigenvalue weighted by Crippen LogP contribution is -1.89. The summed E-state index contributed by atoms with van der Waals surface area (Å²) in [4.78, 5) is 10.9. The van der Waals surface area contributed by atoms with Crippen molar-refractivity contribution < 1.29 is 9.21 Å². The summed E-state index contributed by atoms with van der Waals surface area (Å²) in [5.74, 6) is 1.78. The second kappa shape index (κ2) is 4.08. The first-order chi connectivity index (χ1) is 6.13. The molecule has 2 heteroatoms. The Labute approximate surface area is 78.3 Å². The second-order valence-corrected chi connectivity index (χ2v) is 3.04. The van der Waals surface area contributed by atoms with Gasteiger partial charge in [0, 0.05) is 6.42 Å². The fourth-order valence-corrected chi connectivity index (χ4v) is 0.977. The number of carbonyl (C=O) groups excluding carboxylic acids is 1. The Morgan fingerprint density at radius 1 is 1.46 bits per heavy atom. The molecule has 2 nitrogen and oxygen atoms in total. The molecule has 1 aromatic heterocycles. The predicted molar refractivity (Wildman–Crippen MR) is 52.4 cm³/mol. The summed E-state index contributed by atoms with van der Waals surface area (Å²) in [6, 6.07) is 3.81. The Morgan fingerprint density at radius 3 is 2.62 bits per heavy atom. The molecular formula is C11H14O2. The van der Waals surface area contributed by atoms with Gasteiger partial charge in [-0.1, -0.05) is 6.92 Å². The maximum absolute atomic E-state index is 10.9. The molecule has 0 aliphatic carbocycles. The Balaban J connectivity index is 2.84. The minimum absolute atomic E-state index is 0.0782. The smallest absolute Gasteiger partial charge is 0.155 e. The first-order valence-electron chi connectivity index (χ1n) is 4.41. The SMILES string of the molecule is CCc1ccc(/C=C(/C)C(C)=O)o1. The number of aryl methyl sites for hydroxylation is 1. The molecule has 0 saturated heterocycles. The molecule has 1 heterocycles. The highest BCUT2D eigenvalue weighted by atomic mass is 16.3. The van der Waals surface area contributed by atoms with Crippen molar-refractivity contribution in [3.05, 3.63) is 29.2 Å². The fourth-order valence-electron chi connectivity index (χ4n) is 0.977. The lowest BCUT2D eigenvalue weighted by Gasteiger charge is -1.91. The van der Waals surface area contributed by atoms with Crippen molar-refractivity contribution in [3.63, 3.8) is 0 Å². The highest BCUT2D eigenvalue weighted by Crippen LogP contribution is 2.12. The maximum Gasteiger partial charge on any atom is 0.155 e. The maximum atomic E-state index is 10.9. The number of Topliss-reactive ketones (excluding diaryl/α,β-unsaturated/α-hetero) is 1. The average Bonchev–Trinajstić information content (AvgIpc) is 2.52. The summed E-state index contributed by atoms with van der Waals surface area (Å²) in [5, 5.41) is 0. The molecule has 1 aromatic rings. The lowest BCUT2D eigenvalue weighted by atomic mass is 10.2. The molecule has 0 saturated carbocycles. The summed E-state index contributed by atoms with van der Waals surface area (Å²) >= 11 is 0. The fraction of sp³-hybridized carbons (Fsp3) is 0.364. The van der Waals surface area contributed by atoms with Crippen molar-refractivity contribution in [1.82, 2.24) is 0 Å². The van der Waals surface area contributed by atoms with E-state index in [0.29, 0.717) is 0 Å². The molecule has 0 atom stereocenters. The van der Waals surface area contributed by atoms with E-state index in [9.17, 15) is 4.79 Å². The van der Waals surface area contributed by atoms with Crippen molar-refractivity contribution in [2.24, 2.45) is 0 Å². The van der Waals surface area contributed by atoms with Crippen LogP contribution in [0.4, 0.5) is 0 Å². The molecule has 1 rings (SSSR count). The number of ketones is 1. The summed E-state index contributed by atoms with van der Waals surface area (Å²) in [7, 11) is 0. The molecule has 70 valence electrons. The molecule has 0 N–H and O–H groups in total. The van der Waals surface area contributed by atoms with Gasteiger partial charge in [-0.15, -0.1) is 0 Å². The van der Waals surface area contributed by atoms with Gasteiger partial charge in [0.2, 0.25) is 0 Å². The molecule has 13 heavy (non-hydrogen) atoms. The van der Waals surface area contributed by atoms with Crippen molar-refractivity contribution in [3.8, 4) is 0 Å². The molecule has 0 spiro atoms. The zero-order valence-corrected chi connectivity index (χ0v) is 8.26. The first kappa shape index (κ1) is 9.78. The molecular weight excluding hydrogens is 164 g/mol. The first-order valence-corrected chi connectivity index (χ1v) is 4.41. The topological polar surface area (TPSA) is 30.2 Å². The minimum atomic E-state index is 0.0782. The van der Waals surface area contributed by atoms with Crippen LogP contribution in [0.5, 0.6) is 0 Å². The van der Waals surface area contributed by atoms with E-state index in [2.05, 4.69) is 0 Å². The number of allylic oxidation sites excluding steroid dienone is 1. The van der Waals surface area contributed by atoms with E-state index in [1.165, 1.54) is 0 Å². The van der Waals surface area contributed by atoms with Crippen LogP contribution in [0.25, 0.3) is 6.08 Å². The van der Waals surface area contributed by atoms with E-state index < -0.39 is 0 Å². The van der Waals surface area contributed by atoms with Crippen molar-refractivity contribution >= 4 is 11.9 Å². The summed E-state index contributed by atoms with van der Waals surface area (Å²) in [5.41, 5.74) is 0.719. The molecule has 0 aromatic carbocycles. The third kappa shape index (κ3) is 2.58. The van der Waals surface area contributed by atoms with Gasteiger partial charge < -0.3 is 4.42 Å². The van der Waals surface area contributed by atoms with E-state index >= 15 is 0 Å². The number of hydrogen-bond donors (Lipinski definition) is 0. The average molecular weight is 178 g/mol. The predicted octanol–water partition coefficient (Wildman–Crippen LogP) is 2.83. The lowest BCUT2D eigenvalue weighted by molar-refractivity contribution is -0.113. The van der Waals surface area contributed by atoms with Gasteiger partial charge >= 0.3 is 0 Å². The van der Waals surface area contributed by atoms with Crippen LogP contribution in [0, 0.1) is 0 Å². The number of furan rings is 1. The Kier molecular flexibility index (Phi) is 3.07. The quantitative estimate of drug-likeness (QED) is 0.666. The van der Waals surface area contributed by atoms with Crippen molar-refractivity contribution in [2.75, 3.05) is 0 Å². The zero-order chi connectivity index (χ0) is 9.84. The molecule has 0 fully saturated rings. The van der Waals surface area contributed by atoms with Gasteiger partial charge in [-0.25, -0.2) is 0 Å². The summed E-state index contributed by atoms with van der Waals surface area (Å²) in [6.45, 7) is 5.37. The van der Waals surface area contributed by atoms with E-state index in [1.54, 1.807) is 19.9 Å². The molecule has 0 aliphatic rings. The van der Waals surface area contributed by atoms with E-state index in [0.717, 1.165) is 23.5 Å². The third-order valence-corrected chi connectivity index (χ3v) is 1.94. The summed E-state index contributed by atoms with van der Waals surface area (Å²) in [6.07, 6.45) is 2.65. The monoisotopic (exact) mass is 178 g/mol. The third-order valence-electron chi connectivity index (χ3n) is 1.94. The second-order valence-electron chi connectivity index (χ2n) is 3.04. The molecule has 0 bridgehead atoms. The van der Waals surface area contributed by atoms with Gasteiger partial charge in [-0.05, 0) is 37.6 Å². The van der Waals surface area contributed by atoms with Gasteiger partial charge in [0.05, 0.1) is 0 Å². The van der Waals surface area contributed by atoms with Crippen LogP contribution in [0.1, 0.15) is 32.3 Å². The van der Waals surface area contributed by atoms with Gasteiger partial charge in [-0.3, -0.25) is 4.79 Å². The Bertz CT molecular complexity index is 332. The molecule has 0 unspecified atom stereocenters. The van der Waals surface area contributed by atoms with E-state index in [-0.39, 0.29) is 5.78 Å². The normalized spacial score (nSPS) is 11.8. The number of carbonyl (C=O) groups is 1. The number of rotatable bonds is 3. The van der Waals surface area contributed by atoms with Crippen molar-refractivity contribution in [1.29, 1.82) is 0 Å². The van der Waals surface area contributed by atoms with Crippen LogP contribution in [0.2, 0.25) is 0 Å². The van der Waals surface area contributed by atoms with Crippen LogP contribution < -0.4 is 0 Å². The Morgan fingerprint density at radius 2 is 2.15 bits per heavy atom. The van der Waals surface area contributed by atoms with Gasteiger partial charge in [0.15, 0.2) is 5.78 Å². The van der Waals surface area contributed by atoms with Crippen LogP contribution >= 0.6 is 0 Å². The zero-order valence-electron chi connectivity index (χ0n) is 8.26. The van der Waals surface area contributed by atoms with Gasteiger partial charge in [0.1, 0.15) is 11.5 Å². The minimum Gasteiger partial charge on any atom is -0.462 e. The van der Waals surface area contributed by atoms with Crippen LogP contribution in [-0.2, 0) is 11.2 Å². The summed E-state index contributed by atoms with van der Waals surface area (Å²) < 4.78 is 5.42. The number of hydrogen-bond acceptors (Lipinski definition) is 2. The van der Waals surface area contributed by atoms with Crippen LogP contribution in [0.3, 0.4) is 0 Å². The van der Waals surface area contributed by atoms with Gasteiger partial charge in [-0.2, -0.15) is 0 Å².